The predicted octanol–water partition coefficient (Wildman–Crippen LogP) is 5.00. The minimum absolute atomic E-state index is 0.247. The summed E-state index contributed by atoms with van der Waals surface area (Å²) in [5.41, 5.74) is 6.13. The Bertz CT molecular complexity index is 760. The number of aryl methyl sites for hydroxylation is 2. The van der Waals surface area contributed by atoms with Gasteiger partial charge in [0.25, 0.3) is 0 Å². The van der Waals surface area contributed by atoms with E-state index in [0.717, 1.165) is 23.4 Å². The van der Waals surface area contributed by atoms with E-state index in [1.54, 1.807) is 0 Å². The van der Waals surface area contributed by atoms with Crippen LogP contribution in [0.5, 0.6) is 0 Å². The summed E-state index contributed by atoms with van der Waals surface area (Å²) in [5.74, 6) is 0.790. The summed E-state index contributed by atoms with van der Waals surface area (Å²) in [5, 5.41) is 0. The molecule has 0 spiro atoms. The number of halogens is 1. The number of para-hydroxylation sites is 2. The summed E-state index contributed by atoms with van der Waals surface area (Å²) >= 11 is 3.79. The van der Waals surface area contributed by atoms with Gasteiger partial charge in [0.1, 0.15) is 5.52 Å². The van der Waals surface area contributed by atoms with Crippen LogP contribution in [-0.2, 0) is 19.3 Å². The molecular formula is C18H16BrNO. The zero-order valence-electron chi connectivity index (χ0n) is 11.7. The molecule has 1 atom stereocenters. The van der Waals surface area contributed by atoms with Crippen LogP contribution in [0, 0.1) is 0 Å². The van der Waals surface area contributed by atoms with Crippen LogP contribution in [0.1, 0.15) is 33.8 Å². The van der Waals surface area contributed by atoms with Gasteiger partial charge < -0.3 is 4.42 Å². The zero-order valence-corrected chi connectivity index (χ0v) is 13.3. The number of benzene rings is 2. The van der Waals surface area contributed by atoms with Crippen LogP contribution in [0.4, 0.5) is 0 Å². The molecule has 0 aliphatic heterocycles. The average molecular weight is 342 g/mol. The van der Waals surface area contributed by atoms with Gasteiger partial charge in [0.2, 0.25) is 0 Å². The first-order chi connectivity index (χ1) is 10.3. The van der Waals surface area contributed by atoms with Crippen LogP contribution in [0.3, 0.4) is 0 Å². The second kappa shape index (κ2) is 5.30. The van der Waals surface area contributed by atoms with Gasteiger partial charge in [0.15, 0.2) is 11.5 Å². The van der Waals surface area contributed by atoms with Crippen LogP contribution in [0.25, 0.3) is 11.1 Å². The van der Waals surface area contributed by atoms with Crippen LogP contribution >= 0.6 is 15.9 Å². The Hall–Kier alpha value is -1.61. The quantitative estimate of drug-likeness (QED) is 0.627. The third-order valence-electron chi connectivity index (χ3n) is 4.18. The predicted molar refractivity (Wildman–Crippen MR) is 87.8 cm³/mol. The molecule has 1 heterocycles. The molecule has 1 aliphatic rings. The highest BCUT2D eigenvalue weighted by atomic mass is 79.9. The summed E-state index contributed by atoms with van der Waals surface area (Å²) < 4.78 is 5.81. The molecule has 2 aromatic carbocycles. The van der Waals surface area contributed by atoms with Crippen molar-refractivity contribution in [2.24, 2.45) is 0 Å². The third-order valence-corrected chi connectivity index (χ3v) is 5.03. The third kappa shape index (κ3) is 2.51. The number of alkyl halides is 1. The van der Waals surface area contributed by atoms with Gasteiger partial charge >= 0.3 is 0 Å². The standard InChI is InChI=1S/C18H16BrNO/c19-15(14-9-8-12-4-3-5-13(12)10-14)11-18-20-16-6-1-2-7-17(16)21-18/h1-2,6-10,15H,3-5,11H2. The smallest absolute Gasteiger partial charge is 0.196 e. The van der Waals surface area contributed by atoms with E-state index in [-0.39, 0.29) is 4.83 Å². The average Bonchev–Trinajstić information content (AvgIpc) is 3.11. The van der Waals surface area contributed by atoms with E-state index in [9.17, 15) is 0 Å². The fourth-order valence-electron chi connectivity index (χ4n) is 3.06. The molecule has 21 heavy (non-hydrogen) atoms. The Morgan fingerprint density at radius 3 is 2.86 bits per heavy atom. The maximum Gasteiger partial charge on any atom is 0.196 e. The zero-order chi connectivity index (χ0) is 14.2. The number of hydrogen-bond acceptors (Lipinski definition) is 2. The van der Waals surface area contributed by atoms with Crippen molar-refractivity contribution in [3.8, 4) is 0 Å². The lowest BCUT2D eigenvalue weighted by Crippen LogP contribution is -1.97. The molecule has 0 N–H and O–H groups in total. The monoisotopic (exact) mass is 341 g/mol. The van der Waals surface area contributed by atoms with E-state index in [2.05, 4.69) is 39.1 Å². The van der Waals surface area contributed by atoms with Crippen LogP contribution in [-0.4, -0.2) is 4.98 Å². The molecule has 1 aromatic heterocycles. The van der Waals surface area contributed by atoms with Crippen LogP contribution in [0.2, 0.25) is 0 Å². The highest BCUT2D eigenvalue weighted by molar-refractivity contribution is 9.09. The molecule has 0 radical (unpaired) electrons. The summed E-state index contributed by atoms with van der Waals surface area (Å²) in [7, 11) is 0. The number of oxazole rings is 1. The Labute approximate surface area is 132 Å². The first-order valence-corrected chi connectivity index (χ1v) is 8.31. The second-order valence-electron chi connectivity index (χ2n) is 5.63. The Balaban J connectivity index is 1.58. The van der Waals surface area contributed by atoms with Crippen LogP contribution < -0.4 is 0 Å². The summed E-state index contributed by atoms with van der Waals surface area (Å²) in [6, 6.07) is 14.8. The molecule has 1 unspecified atom stereocenters. The van der Waals surface area contributed by atoms with Crippen molar-refractivity contribution in [2.45, 2.75) is 30.5 Å². The largest absolute Gasteiger partial charge is 0.441 e. The van der Waals surface area contributed by atoms with E-state index in [0.29, 0.717) is 0 Å². The molecule has 1 aliphatic carbocycles. The van der Waals surface area contributed by atoms with Gasteiger partial charge in [-0.3, -0.25) is 0 Å². The first-order valence-electron chi connectivity index (χ1n) is 7.40. The number of aromatic nitrogens is 1. The van der Waals surface area contributed by atoms with Gasteiger partial charge in [-0.25, -0.2) is 4.98 Å². The highest BCUT2D eigenvalue weighted by Gasteiger charge is 2.17. The van der Waals surface area contributed by atoms with Crippen molar-refractivity contribution in [1.82, 2.24) is 4.98 Å². The lowest BCUT2D eigenvalue weighted by Gasteiger charge is -2.10. The number of fused-ring (bicyclic) bond motifs is 2. The van der Waals surface area contributed by atoms with Crippen molar-refractivity contribution < 1.29 is 4.42 Å². The van der Waals surface area contributed by atoms with E-state index in [1.807, 2.05) is 24.3 Å². The number of hydrogen-bond donors (Lipinski definition) is 0. The molecular weight excluding hydrogens is 326 g/mol. The second-order valence-corrected chi connectivity index (χ2v) is 6.73. The molecule has 0 bridgehead atoms. The molecule has 0 fully saturated rings. The Morgan fingerprint density at radius 2 is 1.95 bits per heavy atom. The molecule has 3 aromatic rings. The number of nitrogens with zero attached hydrogens (tertiary/aromatic N) is 1. The SMILES string of the molecule is BrC(Cc1nc2ccccc2o1)c1ccc2c(c1)CCC2. The summed E-state index contributed by atoms with van der Waals surface area (Å²) in [6.07, 6.45) is 4.50. The molecule has 2 nitrogen and oxygen atoms in total. The minimum atomic E-state index is 0.247. The van der Waals surface area contributed by atoms with Gasteiger partial charge in [-0.15, -0.1) is 0 Å². The maximum absolute atomic E-state index is 5.81. The van der Waals surface area contributed by atoms with Gasteiger partial charge in [-0.1, -0.05) is 46.3 Å². The van der Waals surface area contributed by atoms with Gasteiger partial charge in [-0.2, -0.15) is 0 Å². The van der Waals surface area contributed by atoms with Gasteiger partial charge in [-0.05, 0) is 48.1 Å². The molecule has 3 heteroatoms. The fraction of sp³-hybridized carbons (Fsp3) is 0.278. The van der Waals surface area contributed by atoms with Crippen molar-refractivity contribution in [1.29, 1.82) is 0 Å². The first kappa shape index (κ1) is 13.1. The number of rotatable bonds is 3. The van der Waals surface area contributed by atoms with Crippen LogP contribution in [0.15, 0.2) is 46.9 Å². The lowest BCUT2D eigenvalue weighted by atomic mass is 10.0. The maximum atomic E-state index is 5.81. The normalized spacial score (nSPS) is 15.3. The van der Waals surface area contributed by atoms with E-state index in [4.69, 9.17) is 4.42 Å². The molecule has 4 rings (SSSR count). The van der Waals surface area contributed by atoms with Crippen molar-refractivity contribution >= 4 is 27.0 Å². The van der Waals surface area contributed by atoms with Gasteiger partial charge in [0.05, 0.1) is 0 Å². The highest BCUT2D eigenvalue weighted by Crippen LogP contribution is 2.31. The summed E-state index contributed by atoms with van der Waals surface area (Å²) in [4.78, 5) is 4.80. The van der Waals surface area contributed by atoms with Crippen molar-refractivity contribution in [3.05, 3.63) is 65.0 Å². The summed E-state index contributed by atoms with van der Waals surface area (Å²) in [6.45, 7) is 0. The molecule has 0 saturated heterocycles. The van der Waals surface area contributed by atoms with E-state index >= 15 is 0 Å². The van der Waals surface area contributed by atoms with Gasteiger partial charge in [0, 0.05) is 11.2 Å². The van der Waals surface area contributed by atoms with E-state index < -0.39 is 0 Å². The minimum Gasteiger partial charge on any atom is -0.441 e. The fourth-order valence-corrected chi connectivity index (χ4v) is 3.63. The lowest BCUT2D eigenvalue weighted by molar-refractivity contribution is 0.527. The Kier molecular flexibility index (Phi) is 3.30. The molecule has 106 valence electrons. The van der Waals surface area contributed by atoms with E-state index in [1.165, 1.54) is 36.0 Å². The Morgan fingerprint density at radius 1 is 1.10 bits per heavy atom. The molecule has 0 amide bonds. The topological polar surface area (TPSA) is 26.0 Å². The molecule has 0 saturated carbocycles. The van der Waals surface area contributed by atoms with Crippen molar-refractivity contribution in [2.75, 3.05) is 0 Å². The van der Waals surface area contributed by atoms with Crippen molar-refractivity contribution in [3.63, 3.8) is 0 Å².